The number of carbonyl (C=O) groups is 2. The number of rotatable bonds is 8. The van der Waals surface area contributed by atoms with Crippen LogP contribution in [0.25, 0.3) is 0 Å². The molecule has 0 bridgehead atoms. The van der Waals surface area contributed by atoms with Crippen LogP contribution in [-0.2, 0) is 4.79 Å². The van der Waals surface area contributed by atoms with Crippen molar-refractivity contribution in [1.29, 1.82) is 0 Å². The average Bonchev–Trinajstić information content (AvgIpc) is 3.18. The molecule has 4 rings (SSSR count). The number of anilines is 1. The lowest BCUT2D eigenvalue weighted by Gasteiger charge is -2.31. The van der Waals surface area contributed by atoms with Gasteiger partial charge in [0.25, 0.3) is 11.7 Å². The molecule has 1 fully saturated rings. The molecular weight excluding hydrogens is 440 g/mol. The van der Waals surface area contributed by atoms with Crippen molar-refractivity contribution in [3.8, 4) is 17.2 Å². The molecule has 2 aromatic rings. The lowest BCUT2D eigenvalue weighted by molar-refractivity contribution is -0.118. The van der Waals surface area contributed by atoms with Gasteiger partial charge in [0.15, 0.2) is 11.5 Å². The van der Waals surface area contributed by atoms with E-state index in [1.165, 1.54) is 13.5 Å². The number of ether oxygens (including phenoxy) is 3. The van der Waals surface area contributed by atoms with E-state index in [2.05, 4.69) is 10.6 Å². The lowest BCUT2D eigenvalue weighted by Crippen LogP contribution is -2.44. The van der Waals surface area contributed by atoms with Gasteiger partial charge in [0, 0.05) is 24.6 Å². The molecule has 33 heavy (non-hydrogen) atoms. The van der Waals surface area contributed by atoms with Crippen LogP contribution in [0, 0.1) is 0 Å². The van der Waals surface area contributed by atoms with Crippen LogP contribution in [-0.4, -0.2) is 42.8 Å². The highest BCUT2D eigenvalue weighted by Crippen LogP contribution is 2.46. The van der Waals surface area contributed by atoms with Gasteiger partial charge in [0.05, 0.1) is 12.7 Å². The molecule has 0 saturated heterocycles. The largest absolute Gasteiger partial charge is 0.496 e. The van der Waals surface area contributed by atoms with E-state index in [4.69, 9.17) is 14.2 Å². The minimum atomic E-state index is -0.690. The SMILES string of the molecule is COc1ccccc1C(=O)NC(CCSC)C(=O)Nc1ccc2c(c1)OC1(CCCCC1)O2. The molecule has 7 nitrogen and oxygen atoms in total. The second-order valence-corrected chi connectivity index (χ2v) is 9.32. The fraction of sp³-hybridized carbons (Fsp3) is 0.440. The summed E-state index contributed by atoms with van der Waals surface area (Å²) in [5.41, 5.74) is 0.999. The quantitative estimate of drug-likeness (QED) is 0.586. The Hall–Kier alpha value is -2.87. The first-order valence-electron chi connectivity index (χ1n) is 11.3. The van der Waals surface area contributed by atoms with Crippen LogP contribution in [0.3, 0.4) is 0 Å². The van der Waals surface area contributed by atoms with E-state index < -0.39 is 11.8 Å². The summed E-state index contributed by atoms with van der Waals surface area (Å²) in [7, 11) is 1.51. The van der Waals surface area contributed by atoms with Gasteiger partial charge in [-0.1, -0.05) is 18.6 Å². The highest BCUT2D eigenvalue weighted by atomic mass is 32.2. The van der Waals surface area contributed by atoms with Crippen molar-refractivity contribution < 1.29 is 23.8 Å². The Morgan fingerprint density at radius 1 is 1.09 bits per heavy atom. The Morgan fingerprint density at radius 3 is 2.61 bits per heavy atom. The number of amides is 2. The molecule has 1 spiro atoms. The maximum Gasteiger partial charge on any atom is 0.255 e. The molecule has 1 aliphatic carbocycles. The van der Waals surface area contributed by atoms with E-state index in [0.29, 0.717) is 34.9 Å². The van der Waals surface area contributed by atoms with Gasteiger partial charge in [-0.25, -0.2) is 0 Å². The summed E-state index contributed by atoms with van der Waals surface area (Å²) in [6, 6.07) is 11.7. The first kappa shape index (κ1) is 23.3. The number of hydrogen-bond acceptors (Lipinski definition) is 6. The van der Waals surface area contributed by atoms with Crippen LogP contribution < -0.4 is 24.8 Å². The zero-order valence-electron chi connectivity index (χ0n) is 19.0. The fourth-order valence-corrected chi connectivity index (χ4v) is 4.74. The Morgan fingerprint density at radius 2 is 1.85 bits per heavy atom. The normalized spacial score (nSPS) is 16.8. The van der Waals surface area contributed by atoms with E-state index in [9.17, 15) is 9.59 Å². The van der Waals surface area contributed by atoms with Gasteiger partial charge in [-0.05, 0) is 55.5 Å². The van der Waals surface area contributed by atoms with Crippen molar-refractivity contribution in [2.45, 2.75) is 50.4 Å². The van der Waals surface area contributed by atoms with Gasteiger partial charge in [0.1, 0.15) is 11.8 Å². The highest BCUT2D eigenvalue weighted by Gasteiger charge is 2.42. The molecule has 176 valence electrons. The second-order valence-electron chi connectivity index (χ2n) is 8.33. The minimum Gasteiger partial charge on any atom is -0.496 e. The first-order valence-corrected chi connectivity index (χ1v) is 12.7. The molecule has 1 saturated carbocycles. The molecule has 2 amide bonds. The van der Waals surface area contributed by atoms with Crippen molar-refractivity contribution in [2.24, 2.45) is 0 Å². The van der Waals surface area contributed by atoms with Gasteiger partial charge >= 0.3 is 0 Å². The molecule has 1 aliphatic heterocycles. The fourth-order valence-electron chi connectivity index (χ4n) is 4.27. The Bertz CT molecular complexity index is 1010. The number of para-hydroxylation sites is 1. The smallest absolute Gasteiger partial charge is 0.255 e. The Balaban J connectivity index is 1.45. The first-order chi connectivity index (χ1) is 16.0. The van der Waals surface area contributed by atoms with E-state index in [1.807, 2.05) is 12.3 Å². The maximum absolute atomic E-state index is 13.1. The molecule has 2 N–H and O–H groups in total. The van der Waals surface area contributed by atoms with Crippen LogP contribution in [0.4, 0.5) is 5.69 Å². The van der Waals surface area contributed by atoms with Gasteiger partial charge < -0.3 is 24.8 Å². The summed E-state index contributed by atoms with van der Waals surface area (Å²) in [5, 5.41) is 5.79. The summed E-state index contributed by atoms with van der Waals surface area (Å²) in [5.74, 6) is 1.36. The van der Waals surface area contributed by atoms with Gasteiger partial charge in [-0.15, -0.1) is 0 Å². The monoisotopic (exact) mass is 470 g/mol. The summed E-state index contributed by atoms with van der Waals surface area (Å²) >= 11 is 1.62. The number of thioether (sulfide) groups is 1. The van der Waals surface area contributed by atoms with Crippen LogP contribution in [0.1, 0.15) is 48.9 Å². The number of methoxy groups -OCH3 is 1. The molecule has 2 aliphatic rings. The second kappa shape index (κ2) is 10.4. The molecule has 0 aromatic heterocycles. The topological polar surface area (TPSA) is 85.9 Å². The standard InChI is InChI=1S/C25H30N2O5S/c1-30-20-9-5-4-8-18(20)23(28)27-19(12-15-33-2)24(29)26-17-10-11-21-22(16-17)32-25(31-21)13-6-3-7-14-25/h4-5,8-11,16,19H,3,6-7,12-15H2,1-2H3,(H,26,29)(H,27,28). The predicted octanol–water partition coefficient (Wildman–Crippen LogP) is 4.62. The van der Waals surface area contributed by atoms with Crippen molar-refractivity contribution >= 4 is 29.3 Å². The van der Waals surface area contributed by atoms with Crippen molar-refractivity contribution in [2.75, 3.05) is 24.4 Å². The van der Waals surface area contributed by atoms with E-state index in [-0.39, 0.29) is 11.8 Å². The van der Waals surface area contributed by atoms with E-state index in [1.54, 1.807) is 48.2 Å². The number of benzene rings is 2. The number of hydrogen-bond donors (Lipinski definition) is 2. The summed E-state index contributed by atoms with van der Waals surface area (Å²) in [6.45, 7) is 0. The third kappa shape index (κ3) is 5.38. The van der Waals surface area contributed by atoms with Crippen molar-refractivity contribution in [1.82, 2.24) is 5.32 Å². The predicted molar refractivity (Wildman–Crippen MR) is 129 cm³/mol. The number of carbonyl (C=O) groups excluding carboxylic acids is 2. The minimum absolute atomic E-state index is 0.279. The number of nitrogens with one attached hydrogen (secondary N) is 2. The van der Waals surface area contributed by atoms with Crippen LogP contribution >= 0.6 is 11.8 Å². The maximum atomic E-state index is 13.1. The van der Waals surface area contributed by atoms with Crippen molar-refractivity contribution in [3.63, 3.8) is 0 Å². The Kier molecular flexibility index (Phi) is 7.33. The van der Waals surface area contributed by atoms with Gasteiger partial charge in [0.2, 0.25) is 5.91 Å². The molecule has 8 heteroatoms. The summed E-state index contributed by atoms with van der Waals surface area (Å²) < 4.78 is 17.6. The van der Waals surface area contributed by atoms with E-state index in [0.717, 1.165) is 31.4 Å². The van der Waals surface area contributed by atoms with Crippen LogP contribution in [0.5, 0.6) is 17.2 Å². The van der Waals surface area contributed by atoms with Gasteiger partial charge in [-0.3, -0.25) is 9.59 Å². The zero-order chi connectivity index (χ0) is 23.3. The number of fused-ring (bicyclic) bond motifs is 1. The van der Waals surface area contributed by atoms with Crippen LogP contribution in [0.15, 0.2) is 42.5 Å². The summed E-state index contributed by atoms with van der Waals surface area (Å²) in [4.78, 5) is 26.0. The third-order valence-electron chi connectivity index (χ3n) is 6.00. The van der Waals surface area contributed by atoms with Crippen LogP contribution in [0.2, 0.25) is 0 Å². The molecular formula is C25H30N2O5S. The molecule has 1 unspecified atom stereocenters. The highest BCUT2D eigenvalue weighted by molar-refractivity contribution is 7.98. The molecule has 0 radical (unpaired) electrons. The molecule has 1 heterocycles. The molecule has 2 aromatic carbocycles. The Labute approximate surface area is 198 Å². The lowest BCUT2D eigenvalue weighted by atomic mass is 9.94. The molecule has 1 atom stereocenters. The summed E-state index contributed by atoms with van der Waals surface area (Å²) in [6.07, 6.45) is 7.58. The van der Waals surface area contributed by atoms with E-state index >= 15 is 0 Å². The van der Waals surface area contributed by atoms with Gasteiger partial charge in [-0.2, -0.15) is 11.8 Å². The van der Waals surface area contributed by atoms with Crippen molar-refractivity contribution in [3.05, 3.63) is 48.0 Å². The zero-order valence-corrected chi connectivity index (χ0v) is 19.8. The average molecular weight is 471 g/mol. The third-order valence-corrected chi connectivity index (χ3v) is 6.65.